The SMILES string of the molecule is Cc1ncc(C(F)(C(C)(C)C)C(C)(C)C)c(CO)c1O. The van der Waals surface area contributed by atoms with Gasteiger partial charge >= 0.3 is 0 Å². The molecule has 0 unspecified atom stereocenters. The summed E-state index contributed by atoms with van der Waals surface area (Å²) < 4.78 is 16.0. The van der Waals surface area contributed by atoms with Crippen LogP contribution in [0.1, 0.15) is 58.4 Å². The van der Waals surface area contributed by atoms with E-state index < -0.39 is 23.1 Å². The molecule has 0 spiro atoms. The lowest BCUT2D eigenvalue weighted by atomic mass is 9.60. The van der Waals surface area contributed by atoms with Crippen LogP contribution < -0.4 is 0 Å². The summed E-state index contributed by atoms with van der Waals surface area (Å²) in [5, 5.41) is 19.6. The molecule has 0 atom stereocenters. The Morgan fingerprint density at radius 3 is 1.90 bits per heavy atom. The Bertz CT molecular complexity index is 484. The fraction of sp³-hybridized carbons (Fsp3) is 0.688. The molecule has 1 aromatic rings. The van der Waals surface area contributed by atoms with Crippen molar-refractivity contribution in [1.82, 2.24) is 4.98 Å². The molecular weight excluding hydrogens is 257 g/mol. The number of aliphatic hydroxyl groups excluding tert-OH is 1. The van der Waals surface area contributed by atoms with Crippen molar-refractivity contribution >= 4 is 0 Å². The molecule has 0 aliphatic rings. The van der Waals surface area contributed by atoms with Crippen molar-refractivity contribution < 1.29 is 14.6 Å². The molecule has 4 heteroatoms. The van der Waals surface area contributed by atoms with Crippen molar-refractivity contribution in [3.05, 3.63) is 23.0 Å². The molecule has 0 saturated carbocycles. The topological polar surface area (TPSA) is 53.4 Å². The van der Waals surface area contributed by atoms with E-state index in [1.54, 1.807) is 6.92 Å². The number of nitrogens with zero attached hydrogens (tertiary/aromatic N) is 1. The third-order valence-corrected chi connectivity index (χ3v) is 3.94. The predicted molar refractivity (Wildman–Crippen MR) is 78.3 cm³/mol. The molecule has 20 heavy (non-hydrogen) atoms. The van der Waals surface area contributed by atoms with Crippen LogP contribution in [0, 0.1) is 17.8 Å². The number of aliphatic hydroxyl groups is 1. The first-order valence-corrected chi connectivity index (χ1v) is 6.85. The first-order valence-electron chi connectivity index (χ1n) is 6.85. The Morgan fingerprint density at radius 2 is 1.55 bits per heavy atom. The summed E-state index contributed by atoms with van der Waals surface area (Å²) in [6.07, 6.45) is 1.44. The number of aromatic hydroxyl groups is 1. The molecule has 0 saturated heterocycles. The number of rotatable bonds is 2. The maximum Gasteiger partial charge on any atom is 0.147 e. The Balaban J connectivity index is 3.74. The molecule has 1 heterocycles. The van der Waals surface area contributed by atoms with E-state index in [0.717, 1.165) is 0 Å². The van der Waals surface area contributed by atoms with Crippen molar-refractivity contribution in [2.45, 2.75) is 60.7 Å². The summed E-state index contributed by atoms with van der Waals surface area (Å²) in [5.41, 5.74) is -2.27. The van der Waals surface area contributed by atoms with E-state index in [4.69, 9.17) is 0 Å². The van der Waals surface area contributed by atoms with E-state index in [1.807, 2.05) is 41.5 Å². The van der Waals surface area contributed by atoms with Gasteiger partial charge in [-0.2, -0.15) is 0 Å². The number of pyridine rings is 1. The minimum atomic E-state index is -1.74. The van der Waals surface area contributed by atoms with Crippen LogP contribution in [0.3, 0.4) is 0 Å². The van der Waals surface area contributed by atoms with Gasteiger partial charge in [-0.05, 0) is 6.92 Å². The second-order valence-electron chi connectivity index (χ2n) is 7.40. The van der Waals surface area contributed by atoms with Crippen LogP contribution in [-0.2, 0) is 12.3 Å². The van der Waals surface area contributed by atoms with Crippen molar-refractivity contribution in [2.24, 2.45) is 10.8 Å². The summed E-state index contributed by atoms with van der Waals surface area (Å²) in [6.45, 7) is 12.1. The molecule has 1 rings (SSSR count). The lowest BCUT2D eigenvalue weighted by molar-refractivity contribution is -0.0746. The molecule has 0 fully saturated rings. The molecule has 114 valence electrons. The fourth-order valence-electron chi connectivity index (χ4n) is 3.04. The first kappa shape index (κ1) is 16.9. The summed E-state index contributed by atoms with van der Waals surface area (Å²) in [4.78, 5) is 4.08. The largest absolute Gasteiger partial charge is 0.506 e. The van der Waals surface area contributed by atoms with E-state index in [2.05, 4.69) is 4.98 Å². The second-order valence-corrected chi connectivity index (χ2v) is 7.40. The normalized spacial score (nSPS) is 13.7. The van der Waals surface area contributed by atoms with Crippen LogP contribution in [0.5, 0.6) is 5.75 Å². The third-order valence-electron chi connectivity index (χ3n) is 3.94. The highest BCUT2D eigenvalue weighted by molar-refractivity contribution is 5.44. The van der Waals surface area contributed by atoms with Gasteiger partial charge in [0.05, 0.1) is 12.3 Å². The fourth-order valence-corrected chi connectivity index (χ4v) is 3.04. The number of aryl methyl sites for hydroxylation is 1. The van der Waals surface area contributed by atoms with Gasteiger partial charge in [0.2, 0.25) is 0 Å². The van der Waals surface area contributed by atoms with Crippen LogP contribution in [0.2, 0.25) is 0 Å². The molecule has 0 radical (unpaired) electrons. The number of alkyl halides is 1. The zero-order valence-electron chi connectivity index (χ0n) is 13.5. The lowest BCUT2D eigenvalue weighted by Crippen LogP contribution is -2.47. The third kappa shape index (κ3) is 2.41. The zero-order chi connectivity index (χ0) is 15.9. The van der Waals surface area contributed by atoms with Gasteiger partial charge in [-0.1, -0.05) is 41.5 Å². The zero-order valence-corrected chi connectivity index (χ0v) is 13.5. The number of hydrogen-bond acceptors (Lipinski definition) is 3. The highest BCUT2D eigenvalue weighted by Gasteiger charge is 2.54. The van der Waals surface area contributed by atoms with Crippen molar-refractivity contribution in [2.75, 3.05) is 0 Å². The van der Waals surface area contributed by atoms with Crippen LogP contribution in [0.4, 0.5) is 4.39 Å². The van der Waals surface area contributed by atoms with Crippen LogP contribution in [-0.4, -0.2) is 15.2 Å². The predicted octanol–water partition coefficient (Wildman–Crippen LogP) is 3.84. The molecule has 0 aliphatic carbocycles. The maximum atomic E-state index is 16.0. The van der Waals surface area contributed by atoms with Gasteiger partial charge in [0, 0.05) is 28.2 Å². The summed E-state index contributed by atoms with van der Waals surface area (Å²) in [6, 6.07) is 0. The van der Waals surface area contributed by atoms with Gasteiger partial charge in [-0.15, -0.1) is 0 Å². The van der Waals surface area contributed by atoms with E-state index in [0.29, 0.717) is 5.69 Å². The molecular formula is C16H26FNO2. The molecule has 1 aromatic heterocycles. The number of hydrogen-bond donors (Lipinski definition) is 2. The van der Waals surface area contributed by atoms with E-state index in [9.17, 15) is 10.2 Å². The monoisotopic (exact) mass is 283 g/mol. The Morgan fingerprint density at radius 1 is 1.10 bits per heavy atom. The minimum Gasteiger partial charge on any atom is -0.506 e. The van der Waals surface area contributed by atoms with Gasteiger partial charge < -0.3 is 10.2 Å². The van der Waals surface area contributed by atoms with Crippen LogP contribution in [0.25, 0.3) is 0 Å². The van der Waals surface area contributed by atoms with E-state index in [-0.39, 0.29) is 16.9 Å². The summed E-state index contributed by atoms with van der Waals surface area (Å²) in [7, 11) is 0. The quantitative estimate of drug-likeness (QED) is 0.867. The van der Waals surface area contributed by atoms with E-state index in [1.165, 1.54) is 6.20 Å². The number of aromatic nitrogens is 1. The van der Waals surface area contributed by atoms with E-state index >= 15 is 4.39 Å². The molecule has 2 N–H and O–H groups in total. The Labute approximate surface area is 120 Å². The van der Waals surface area contributed by atoms with Crippen molar-refractivity contribution in [1.29, 1.82) is 0 Å². The van der Waals surface area contributed by atoms with Crippen LogP contribution >= 0.6 is 0 Å². The first-order chi connectivity index (χ1) is 8.88. The molecule has 0 aliphatic heterocycles. The molecule has 0 bridgehead atoms. The lowest BCUT2D eigenvalue weighted by Gasteiger charge is -2.48. The van der Waals surface area contributed by atoms with Crippen LogP contribution in [0.15, 0.2) is 6.20 Å². The standard InChI is InChI=1S/C16H26FNO2/c1-10-13(20)11(9-19)12(8-18-10)16(17,14(2,3)4)15(5,6)7/h8,19-20H,9H2,1-7H3. The summed E-state index contributed by atoms with van der Waals surface area (Å²) in [5.74, 6) is -0.125. The Hall–Kier alpha value is -1.16. The van der Waals surface area contributed by atoms with Gasteiger partial charge in [-0.25, -0.2) is 4.39 Å². The van der Waals surface area contributed by atoms with Crippen molar-refractivity contribution in [3.8, 4) is 5.75 Å². The molecule has 3 nitrogen and oxygen atoms in total. The highest BCUT2D eigenvalue weighted by atomic mass is 19.1. The number of halogens is 1. The minimum absolute atomic E-state index is 0.125. The molecule has 0 aromatic carbocycles. The second kappa shape index (κ2) is 4.99. The highest BCUT2D eigenvalue weighted by Crippen LogP contribution is 2.55. The van der Waals surface area contributed by atoms with Gasteiger partial charge in [0.25, 0.3) is 0 Å². The average molecular weight is 283 g/mol. The van der Waals surface area contributed by atoms with Crippen molar-refractivity contribution in [3.63, 3.8) is 0 Å². The van der Waals surface area contributed by atoms with Gasteiger partial charge in [0.15, 0.2) is 0 Å². The summed E-state index contributed by atoms with van der Waals surface area (Å²) >= 11 is 0. The molecule has 0 amide bonds. The van der Waals surface area contributed by atoms with Gasteiger partial charge in [-0.3, -0.25) is 4.98 Å². The Kier molecular flexibility index (Phi) is 4.22. The average Bonchev–Trinajstić information content (AvgIpc) is 2.28. The maximum absolute atomic E-state index is 16.0. The smallest absolute Gasteiger partial charge is 0.147 e. The van der Waals surface area contributed by atoms with Gasteiger partial charge in [0.1, 0.15) is 11.4 Å².